The van der Waals surface area contributed by atoms with Crippen molar-refractivity contribution in [2.75, 3.05) is 18.5 Å². The maximum atomic E-state index is 5.87. The summed E-state index contributed by atoms with van der Waals surface area (Å²) in [5, 5.41) is 16.5. The Kier molecular flexibility index (Phi) is 3.43. The monoisotopic (exact) mass is 337 g/mol. The fraction of sp³-hybridized carbons (Fsp3) is 0.389. The number of rotatable bonds is 4. The van der Waals surface area contributed by atoms with Crippen molar-refractivity contribution in [3.05, 3.63) is 41.7 Å². The zero-order valence-electron chi connectivity index (χ0n) is 13.8. The number of nitrogens with zero attached hydrogens (tertiary/aromatic N) is 4. The van der Waals surface area contributed by atoms with Gasteiger partial charge >= 0.3 is 0 Å². The number of hydrogen-bond acceptors (Lipinski definition) is 6. The zero-order chi connectivity index (χ0) is 16.6. The van der Waals surface area contributed by atoms with E-state index < -0.39 is 0 Å². The van der Waals surface area contributed by atoms with Crippen molar-refractivity contribution < 1.29 is 9.47 Å². The Morgan fingerprint density at radius 2 is 2.00 bits per heavy atom. The van der Waals surface area contributed by atoms with Gasteiger partial charge in [0.1, 0.15) is 5.82 Å². The lowest BCUT2D eigenvalue weighted by Crippen LogP contribution is -2.07. The lowest BCUT2D eigenvalue weighted by atomic mass is 10.2. The average molecular weight is 337 g/mol. The summed E-state index contributed by atoms with van der Waals surface area (Å²) in [6.45, 7) is 1.99. The third-order valence-electron chi connectivity index (χ3n) is 4.54. The van der Waals surface area contributed by atoms with Crippen molar-refractivity contribution >= 4 is 11.5 Å². The summed E-state index contributed by atoms with van der Waals surface area (Å²) in [6.07, 6.45) is 3.25. The summed E-state index contributed by atoms with van der Waals surface area (Å²) in [4.78, 5) is 0. The van der Waals surface area contributed by atoms with Crippen LogP contribution >= 0.6 is 0 Å². The van der Waals surface area contributed by atoms with E-state index in [0.29, 0.717) is 25.7 Å². The van der Waals surface area contributed by atoms with Gasteiger partial charge in [0.25, 0.3) is 0 Å². The molecule has 0 unspecified atom stereocenters. The van der Waals surface area contributed by atoms with Crippen LogP contribution in [0.4, 0.5) is 5.82 Å². The van der Waals surface area contributed by atoms with Crippen LogP contribution in [0.15, 0.2) is 30.3 Å². The fourth-order valence-corrected chi connectivity index (χ4v) is 3.07. The van der Waals surface area contributed by atoms with Crippen molar-refractivity contribution in [2.24, 2.45) is 0 Å². The normalized spacial score (nSPS) is 16.6. The molecule has 3 heterocycles. The first kappa shape index (κ1) is 14.5. The minimum absolute atomic E-state index is 0.508. The van der Waals surface area contributed by atoms with Crippen LogP contribution in [0.1, 0.15) is 36.6 Å². The van der Waals surface area contributed by atoms with Gasteiger partial charge < -0.3 is 14.8 Å². The molecule has 3 aromatic rings. The van der Waals surface area contributed by atoms with Crippen LogP contribution in [0.25, 0.3) is 5.65 Å². The molecule has 7 nitrogen and oxygen atoms in total. The molecule has 128 valence electrons. The van der Waals surface area contributed by atoms with Crippen LogP contribution in [-0.4, -0.2) is 33.0 Å². The molecule has 2 aromatic heterocycles. The van der Waals surface area contributed by atoms with E-state index in [1.54, 1.807) is 0 Å². The van der Waals surface area contributed by atoms with Crippen molar-refractivity contribution in [1.82, 2.24) is 19.8 Å². The van der Waals surface area contributed by atoms with Gasteiger partial charge in [-0.1, -0.05) is 12.1 Å². The molecule has 0 amide bonds. The predicted molar refractivity (Wildman–Crippen MR) is 92.1 cm³/mol. The Morgan fingerprint density at radius 3 is 2.92 bits per heavy atom. The zero-order valence-corrected chi connectivity index (χ0v) is 13.8. The highest BCUT2D eigenvalue weighted by Gasteiger charge is 2.29. The minimum atomic E-state index is 0.508. The molecular weight excluding hydrogens is 318 g/mol. The molecule has 25 heavy (non-hydrogen) atoms. The van der Waals surface area contributed by atoms with Crippen LogP contribution in [0.3, 0.4) is 0 Å². The summed E-state index contributed by atoms with van der Waals surface area (Å²) < 4.78 is 13.5. The fourth-order valence-electron chi connectivity index (χ4n) is 3.07. The van der Waals surface area contributed by atoms with Gasteiger partial charge in [-0.3, -0.25) is 0 Å². The second-order valence-electron chi connectivity index (χ2n) is 6.47. The summed E-state index contributed by atoms with van der Waals surface area (Å²) >= 11 is 0. The number of hydrogen-bond donors (Lipinski definition) is 1. The number of ether oxygens (including phenoxy) is 2. The quantitative estimate of drug-likeness (QED) is 0.789. The SMILES string of the molecule is c1cc(CNc2ccc3nnc(C4CC4)n3n2)c2c(c1)OCCCO2. The van der Waals surface area contributed by atoms with E-state index in [1.165, 1.54) is 12.8 Å². The van der Waals surface area contributed by atoms with Crippen LogP contribution in [0, 0.1) is 0 Å². The number of aromatic nitrogens is 4. The predicted octanol–water partition coefficient (Wildman–Crippen LogP) is 2.78. The first-order valence-electron chi connectivity index (χ1n) is 8.72. The van der Waals surface area contributed by atoms with Gasteiger partial charge in [0.2, 0.25) is 0 Å². The van der Waals surface area contributed by atoms with Gasteiger partial charge in [-0.15, -0.1) is 15.3 Å². The summed E-state index contributed by atoms with van der Waals surface area (Å²) in [5.74, 6) is 3.91. The number of anilines is 1. The Labute approximate surface area is 145 Å². The van der Waals surface area contributed by atoms with Gasteiger partial charge in [0.05, 0.1) is 13.2 Å². The maximum absolute atomic E-state index is 5.87. The van der Waals surface area contributed by atoms with Crippen LogP contribution in [-0.2, 0) is 6.54 Å². The first-order valence-corrected chi connectivity index (χ1v) is 8.72. The molecule has 1 N–H and O–H groups in total. The van der Waals surface area contributed by atoms with E-state index in [0.717, 1.165) is 40.8 Å². The maximum Gasteiger partial charge on any atom is 0.178 e. The molecular formula is C18H19N5O2. The molecule has 0 atom stereocenters. The smallest absolute Gasteiger partial charge is 0.178 e. The summed E-state index contributed by atoms with van der Waals surface area (Å²) in [7, 11) is 0. The molecule has 1 aliphatic carbocycles. The number of benzene rings is 1. The Hall–Kier alpha value is -2.83. The van der Waals surface area contributed by atoms with Crippen molar-refractivity contribution in [1.29, 1.82) is 0 Å². The molecule has 5 rings (SSSR count). The minimum Gasteiger partial charge on any atom is -0.490 e. The molecule has 0 bridgehead atoms. The summed E-state index contributed by atoms with van der Waals surface area (Å²) in [6, 6.07) is 9.87. The average Bonchev–Trinajstić information content (AvgIpc) is 3.43. The third-order valence-corrected chi connectivity index (χ3v) is 4.54. The van der Waals surface area contributed by atoms with E-state index in [9.17, 15) is 0 Å². The molecule has 1 aromatic carbocycles. The van der Waals surface area contributed by atoms with E-state index in [1.807, 2.05) is 34.8 Å². The molecule has 7 heteroatoms. The Balaban J connectivity index is 1.39. The molecule has 0 saturated heterocycles. The lowest BCUT2D eigenvalue weighted by Gasteiger charge is -2.13. The second-order valence-corrected chi connectivity index (χ2v) is 6.47. The van der Waals surface area contributed by atoms with E-state index >= 15 is 0 Å². The highest BCUT2D eigenvalue weighted by atomic mass is 16.5. The first-order chi connectivity index (χ1) is 12.4. The molecule has 1 saturated carbocycles. The van der Waals surface area contributed by atoms with Gasteiger partial charge in [-0.2, -0.15) is 4.52 Å². The van der Waals surface area contributed by atoms with E-state index in [-0.39, 0.29) is 0 Å². The highest BCUT2D eigenvalue weighted by Crippen LogP contribution is 2.38. The van der Waals surface area contributed by atoms with E-state index in [4.69, 9.17) is 9.47 Å². The summed E-state index contributed by atoms with van der Waals surface area (Å²) in [5.41, 5.74) is 1.85. The number of nitrogens with one attached hydrogen (secondary N) is 1. The van der Waals surface area contributed by atoms with Gasteiger partial charge in [-0.25, -0.2) is 0 Å². The third kappa shape index (κ3) is 2.75. The highest BCUT2D eigenvalue weighted by molar-refractivity contribution is 5.50. The number of fused-ring (bicyclic) bond motifs is 2. The van der Waals surface area contributed by atoms with Crippen LogP contribution in [0.2, 0.25) is 0 Å². The van der Waals surface area contributed by atoms with Crippen molar-refractivity contribution in [3.8, 4) is 11.5 Å². The Bertz CT molecular complexity index is 919. The molecule has 1 fully saturated rings. The largest absolute Gasteiger partial charge is 0.490 e. The van der Waals surface area contributed by atoms with Crippen molar-refractivity contribution in [2.45, 2.75) is 31.7 Å². The number of para-hydroxylation sites is 1. The lowest BCUT2D eigenvalue weighted by molar-refractivity contribution is 0.296. The molecule has 2 aliphatic rings. The van der Waals surface area contributed by atoms with Gasteiger partial charge in [0.15, 0.2) is 23.0 Å². The van der Waals surface area contributed by atoms with E-state index in [2.05, 4.69) is 20.6 Å². The van der Waals surface area contributed by atoms with Crippen LogP contribution < -0.4 is 14.8 Å². The van der Waals surface area contributed by atoms with Crippen LogP contribution in [0.5, 0.6) is 11.5 Å². The topological polar surface area (TPSA) is 73.6 Å². The molecule has 0 radical (unpaired) electrons. The van der Waals surface area contributed by atoms with Gasteiger partial charge in [0, 0.05) is 24.4 Å². The van der Waals surface area contributed by atoms with Crippen molar-refractivity contribution in [3.63, 3.8) is 0 Å². The standard InChI is InChI=1S/C18H19N5O2/c1-3-13(17-14(4-1)24-9-2-10-25-17)11-19-15-7-8-16-20-21-18(12-5-6-12)23(16)22-15/h1,3-4,7-8,12H,2,5-6,9-11H2,(H,19,22). The molecule has 1 aliphatic heterocycles. The second kappa shape index (κ2) is 5.91. The molecule has 0 spiro atoms. The van der Waals surface area contributed by atoms with Gasteiger partial charge in [-0.05, 0) is 31.0 Å². The Morgan fingerprint density at radius 1 is 1.08 bits per heavy atom.